The van der Waals surface area contributed by atoms with E-state index >= 15 is 0 Å². The van der Waals surface area contributed by atoms with E-state index in [1.807, 2.05) is 0 Å². The molecule has 0 bridgehead atoms. The molecule has 2 aromatic heterocycles. The Morgan fingerprint density at radius 1 is 1.18 bits per heavy atom. The number of piperidine rings is 1. The summed E-state index contributed by atoms with van der Waals surface area (Å²) in [7, 11) is 0. The zero-order chi connectivity index (χ0) is 14.9. The highest BCUT2D eigenvalue weighted by Crippen LogP contribution is 2.36. The quantitative estimate of drug-likeness (QED) is 0.693. The first-order valence-electron chi connectivity index (χ1n) is 7.86. The van der Waals surface area contributed by atoms with Gasteiger partial charge in [-0.2, -0.15) is 0 Å². The molecular weight excluding hydrogens is 290 g/mol. The Hall–Kier alpha value is -1.94. The molecule has 0 saturated carbocycles. The van der Waals surface area contributed by atoms with E-state index in [0.717, 1.165) is 29.7 Å². The van der Waals surface area contributed by atoms with Crippen molar-refractivity contribution in [2.24, 2.45) is 5.92 Å². The van der Waals surface area contributed by atoms with Gasteiger partial charge in [-0.05, 0) is 30.4 Å². The summed E-state index contributed by atoms with van der Waals surface area (Å²) in [4.78, 5) is 13.9. The summed E-state index contributed by atoms with van der Waals surface area (Å²) in [6, 6.07) is 12.8. The van der Waals surface area contributed by atoms with Crippen LogP contribution >= 0.6 is 11.3 Å². The molecule has 1 unspecified atom stereocenters. The van der Waals surface area contributed by atoms with Crippen LogP contribution < -0.4 is 4.90 Å². The van der Waals surface area contributed by atoms with Crippen LogP contribution in [0.2, 0.25) is 0 Å². The first-order chi connectivity index (χ1) is 10.8. The second kappa shape index (κ2) is 5.69. The van der Waals surface area contributed by atoms with Gasteiger partial charge in [0.25, 0.3) is 0 Å². The van der Waals surface area contributed by atoms with Crippen molar-refractivity contribution < 1.29 is 0 Å². The van der Waals surface area contributed by atoms with Gasteiger partial charge in [0, 0.05) is 18.0 Å². The fourth-order valence-electron chi connectivity index (χ4n) is 3.22. The van der Waals surface area contributed by atoms with Gasteiger partial charge >= 0.3 is 0 Å². The zero-order valence-corrected chi connectivity index (χ0v) is 13.5. The molecule has 1 aromatic carbocycles. The second-order valence-corrected chi connectivity index (χ2v) is 7.12. The molecule has 3 nitrogen and oxygen atoms in total. The fourth-order valence-corrected chi connectivity index (χ4v) is 4.22. The molecule has 0 spiro atoms. The Morgan fingerprint density at radius 3 is 2.86 bits per heavy atom. The van der Waals surface area contributed by atoms with E-state index < -0.39 is 0 Å². The topological polar surface area (TPSA) is 29.0 Å². The predicted octanol–water partition coefficient (Wildman–Crippen LogP) is 4.59. The molecule has 1 fully saturated rings. The van der Waals surface area contributed by atoms with E-state index in [0.29, 0.717) is 0 Å². The van der Waals surface area contributed by atoms with Gasteiger partial charge in [-0.1, -0.05) is 37.3 Å². The van der Waals surface area contributed by atoms with Crippen molar-refractivity contribution >= 4 is 27.4 Å². The first-order valence-corrected chi connectivity index (χ1v) is 8.68. The number of aromatic nitrogens is 2. The highest BCUT2D eigenvalue weighted by molar-refractivity contribution is 7.21. The molecule has 0 radical (unpaired) electrons. The minimum atomic E-state index is 0.742. The Morgan fingerprint density at radius 2 is 2.05 bits per heavy atom. The second-order valence-electron chi connectivity index (χ2n) is 6.09. The molecule has 4 heteroatoms. The zero-order valence-electron chi connectivity index (χ0n) is 12.7. The maximum Gasteiger partial charge on any atom is 0.140 e. The molecular formula is C18H19N3S. The number of fused-ring (bicyclic) bond motifs is 1. The van der Waals surface area contributed by atoms with Crippen LogP contribution in [0.25, 0.3) is 20.7 Å². The Balaban J connectivity index is 1.78. The predicted molar refractivity (Wildman–Crippen MR) is 93.5 cm³/mol. The lowest BCUT2D eigenvalue weighted by Crippen LogP contribution is -2.34. The molecule has 0 aliphatic carbocycles. The van der Waals surface area contributed by atoms with Gasteiger partial charge in [-0.15, -0.1) is 11.3 Å². The van der Waals surface area contributed by atoms with Crippen molar-refractivity contribution in [1.29, 1.82) is 0 Å². The molecule has 112 valence electrons. The highest BCUT2D eigenvalue weighted by Gasteiger charge is 2.20. The lowest BCUT2D eigenvalue weighted by molar-refractivity contribution is 0.445. The Kier molecular flexibility index (Phi) is 3.54. The minimum absolute atomic E-state index is 0.742. The third-order valence-corrected chi connectivity index (χ3v) is 5.42. The van der Waals surface area contributed by atoms with Crippen LogP contribution in [0.4, 0.5) is 5.82 Å². The average molecular weight is 309 g/mol. The van der Waals surface area contributed by atoms with Crippen LogP contribution in [-0.2, 0) is 0 Å². The summed E-state index contributed by atoms with van der Waals surface area (Å²) >= 11 is 1.75. The van der Waals surface area contributed by atoms with Crippen molar-refractivity contribution in [3.63, 3.8) is 0 Å². The number of thiophene rings is 1. The van der Waals surface area contributed by atoms with Crippen molar-refractivity contribution in [2.75, 3.05) is 18.0 Å². The lowest BCUT2D eigenvalue weighted by atomic mass is 10.0. The van der Waals surface area contributed by atoms with Crippen molar-refractivity contribution in [2.45, 2.75) is 19.8 Å². The van der Waals surface area contributed by atoms with Gasteiger partial charge in [0.1, 0.15) is 17.0 Å². The number of nitrogens with zero attached hydrogens (tertiary/aromatic N) is 3. The monoisotopic (exact) mass is 309 g/mol. The van der Waals surface area contributed by atoms with E-state index in [2.05, 4.69) is 58.2 Å². The van der Waals surface area contributed by atoms with Crippen molar-refractivity contribution in [3.05, 3.63) is 42.7 Å². The van der Waals surface area contributed by atoms with E-state index in [-0.39, 0.29) is 0 Å². The van der Waals surface area contributed by atoms with E-state index in [4.69, 9.17) is 0 Å². The van der Waals surface area contributed by atoms with Gasteiger partial charge in [0.2, 0.25) is 0 Å². The number of hydrogen-bond donors (Lipinski definition) is 0. The van der Waals surface area contributed by atoms with Crippen molar-refractivity contribution in [1.82, 2.24) is 9.97 Å². The van der Waals surface area contributed by atoms with Crippen LogP contribution in [0.15, 0.2) is 42.7 Å². The SMILES string of the molecule is CC1CCCN(c2ncnc3sc(-c4ccccc4)cc23)C1. The van der Waals surface area contributed by atoms with Crippen LogP contribution in [0.3, 0.4) is 0 Å². The van der Waals surface area contributed by atoms with Crippen LogP contribution in [0, 0.1) is 5.92 Å². The van der Waals surface area contributed by atoms with E-state index in [1.54, 1.807) is 17.7 Å². The summed E-state index contributed by atoms with van der Waals surface area (Å²) in [5.74, 6) is 1.85. The molecule has 1 atom stereocenters. The molecule has 3 heterocycles. The first kappa shape index (κ1) is 13.7. The molecule has 3 aromatic rings. The van der Waals surface area contributed by atoms with Crippen LogP contribution in [0.1, 0.15) is 19.8 Å². The molecule has 1 aliphatic heterocycles. The number of rotatable bonds is 2. The largest absolute Gasteiger partial charge is 0.356 e. The van der Waals surface area contributed by atoms with Gasteiger partial charge in [-0.25, -0.2) is 9.97 Å². The maximum absolute atomic E-state index is 4.59. The number of benzene rings is 1. The van der Waals surface area contributed by atoms with Crippen molar-refractivity contribution in [3.8, 4) is 10.4 Å². The molecule has 0 amide bonds. The van der Waals surface area contributed by atoms with E-state index in [1.165, 1.54) is 28.7 Å². The summed E-state index contributed by atoms with van der Waals surface area (Å²) in [5, 5.41) is 1.19. The third-order valence-electron chi connectivity index (χ3n) is 4.32. The Labute approximate surface area is 134 Å². The fraction of sp³-hybridized carbons (Fsp3) is 0.333. The summed E-state index contributed by atoms with van der Waals surface area (Å²) in [6.45, 7) is 4.53. The summed E-state index contributed by atoms with van der Waals surface area (Å²) in [5.41, 5.74) is 1.25. The highest BCUT2D eigenvalue weighted by atomic mass is 32.1. The molecule has 1 aliphatic rings. The number of hydrogen-bond acceptors (Lipinski definition) is 4. The normalized spacial score (nSPS) is 18.8. The molecule has 4 rings (SSSR count). The standard InChI is InChI=1S/C18H19N3S/c1-13-6-5-9-21(11-13)17-15-10-16(14-7-3-2-4-8-14)22-18(15)20-12-19-17/h2-4,7-8,10,12-13H,5-6,9,11H2,1H3. The lowest BCUT2D eigenvalue weighted by Gasteiger charge is -2.32. The van der Waals surface area contributed by atoms with Gasteiger partial charge in [0.05, 0.1) is 5.39 Å². The average Bonchev–Trinajstić information content (AvgIpc) is 3.00. The van der Waals surface area contributed by atoms with Gasteiger partial charge in [-0.3, -0.25) is 0 Å². The van der Waals surface area contributed by atoms with Crippen LogP contribution in [0.5, 0.6) is 0 Å². The van der Waals surface area contributed by atoms with Gasteiger partial charge < -0.3 is 4.90 Å². The minimum Gasteiger partial charge on any atom is -0.356 e. The smallest absolute Gasteiger partial charge is 0.140 e. The van der Waals surface area contributed by atoms with Gasteiger partial charge in [0.15, 0.2) is 0 Å². The maximum atomic E-state index is 4.59. The third kappa shape index (κ3) is 2.48. The molecule has 0 N–H and O–H groups in total. The Bertz CT molecular complexity index is 781. The summed E-state index contributed by atoms with van der Waals surface area (Å²) in [6.07, 6.45) is 4.29. The van der Waals surface area contributed by atoms with E-state index in [9.17, 15) is 0 Å². The number of anilines is 1. The molecule has 1 saturated heterocycles. The summed E-state index contributed by atoms with van der Waals surface area (Å²) < 4.78 is 0. The molecule has 22 heavy (non-hydrogen) atoms. The van der Waals surface area contributed by atoms with Crippen LogP contribution in [-0.4, -0.2) is 23.1 Å².